The van der Waals surface area contributed by atoms with Crippen LogP contribution in [0.15, 0.2) is 48.5 Å². The summed E-state index contributed by atoms with van der Waals surface area (Å²) in [5, 5.41) is 4.66. The standard InChI is InChI=1S/C22H24N4O.ClH/c1-15-19(16(2)26(24-15)17-8-4-3-5-9-17)14-22(27)25-13-7-10-18-20(23)11-6-12-21(18)25;/h3-6,8-9,11-12H,7,10,13-14,23H2,1-2H3;1H. The first-order chi connectivity index (χ1) is 13.1. The number of carbonyl (C=O) groups is 1. The van der Waals surface area contributed by atoms with Crippen LogP contribution in [0.25, 0.3) is 5.69 Å². The number of rotatable bonds is 3. The van der Waals surface area contributed by atoms with Crippen LogP contribution in [-0.2, 0) is 17.6 Å². The van der Waals surface area contributed by atoms with E-state index in [1.54, 1.807) is 0 Å². The molecule has 0 saturated heterocycles. The number of nitrogens with zero attached hydrogens (tertiary/aromatic N) is 3. The zero-order valence-corrected chi connectivity index (χ0v) is 17.0. The van der Waals surface area contributed by atoms with Crippen LogP contribution in [0.1, 0.15) is 28.9 Å². The van der Waals surface area contributed by atoms with Crippen molar-refractivity contribution in [2.24, 2.45) is 0 Å². The van der Waals surface area contributed by atoms with Crippen LogP contribution in [0.5, 0.6) is 0 Å². The molecular weight excluding hydrogens is 372 g/mol. The number of anilines is 2. The van der Waals surface area contributed by atoms with E-state index in [1.807, 2.05) is 72.0 Å². The van der Waals surface area contributed by atoms with E-state index in [1.165, 1.54) is 0 Å². The van der Waals surface area contributed by atoms with Crippen molar-refractivity contribution in [2.75, 3.05) is 17.2 Å². The van der Waals surface area contributed by atoms with Crippen molar-refractivity contribution < 1.29 is 4.79 Å². The van der Waals surface area contributed by atoms with Crippen LogP contribution in [-0.4, -0.2) is 22.2 Å². The molecule has 0 spiro atoms. The van der Waals surface area contributed by atoms with Gasteiger partial charge in [0.15, 0.2) is 0 Å². The summed E-state index contributed by atoms with van der Waals surface area (Å²) in [6, 6.07) is 15.8. The van der Waals surface area contributed by atoms with Gasteiger partial charge in [-0.25, -0.2) is 4.68 Å². The SMILES string of the molecule is Cc1nn(-c2ccccc2)c(C)c1CC(=O)N1CCCc2c(N)cccc21.Cl. The van der Waals surface area contributed by atoms with Crippen LogP contribution in [0, 0.1) is 13.8 Å². The molecule has 0 unspecified atom stereocenters. The molecular formula is C22H25ClN4O. The summed E-state index contributed by atoms with van der Waals surface area (Å²) in [6.45, 7) is 4.73. The molecule has 0 saturated carbocycles. The van der Waals surface area contributed by atoms with Crippen molar-refractivity contribution in [3.05, 3.63) is 71.0 Å². The molecule has 1 aromatic heterocycles. The second kappa shape index (κ2) is 8.07. The monoisotopic (exact) mass is 396 g/mol. The number of halogens is 1. The second-order valence-corrected chi connectivity index (χ2v) is 7.07. The van der Waals surface area contributed by atoms with Crippen molar-refractivity contribution >= 4 is 29.7 Å². The number of aromatic nitrogens is 2. The Morgan fingerprint density at radius 3 is 2.61 bits per heavy atom. The fourth-order valence-electron chi connectivity index (χ4n) is 3.91. The predicted octanol–water partition coefficient (Wildman–Crippen LogP) is 4.02. The molecule has 0 radical (unpaired) electrons. The summed E-state index contributed by atoms with van der Waals surface area (Å²) < 4.78 is 1.92. The quantitative estimate of drug-likeness (QED) is 0.680. The lowest BCUT2D eigenvalue weighted by molar-refractivity contribution is -0.118. The van der Waals surface area contributed by atoms with E-state index in [9.17, 15) is 4.79 Å². The van der Waals surface area contributed by atoms with Gasteiger partial charge in [0, 0.05) is 29.2 Å². The smallest absolute Gasteiger partial charge is 0.231 e. The third-order valence-electron chi connectivity index (χ3n) is 5.36. The largest absolute Gasteiger partial charge is 0.398 e. The van der Waals surface area contributed by atoms with Gasteiger partial charge >= 0.3 is 0 Å². The molecule has 28 heavy (non-hydrogen) atoms. The van der Waals surface area contributed by atoms with Gasteiger partial charge in [0.2, 0.25) is 5.91 Å². The Labute approximate surface area is 171 Å². The van der Waals surface area contributed by atoms with Gasteiger partial charge in [-0.05, 0) is 56.5 Å². The molecule has 0 aliphatic carbocycles. The molecule has 0 bridgehead atoms. The van der Waals surface area contributed by atoms with Crippen LogP contribution in [0.2, 0.25) is 0 Å². The number of para-hydroxylation sites is 1. The highest BCUT2D eigenvalue weighted by Crippen LogP contribution is 2.32. The third-order valence-corrected chi connectivity index (χ3v) is 5.36. The molecule has 146 valence electrons. The maximum atomic E-state index is 13.1. The summed E-state index contributed by atoms with van der Waals surface area (Å²) in [5.74, 6) is 0.0976. The van der Waals surface area contributed by atoms with Gasteiger partial charge in [-0.15, -0.1) is 12.4 Å². The molecule has 2 aromatic carbocycles. The molecule has 3 aromatic rings. The topological polar surface area (TPSA) is 64.2 Å². The lowest BCUT2D eigenvalue weighted by Crippen LogP contribution is -2.37. The highest BCUT2D eigenvalue weighted by Gasteiger charge is 2.25. The van der Waals surface area contributed by atoms with Gasteiger partial charge in [-0.2, -0.15) is 5.10 Å². The summed E-state index contributed by atoms with van der Waals surface area (Å²) in [5.41, 5.74) is 12.9. The normalized spacial score (nSPS) is 13.0. The number of hydrogen-bond donors (Lipinski definition) is 1. The van der Waals surface area contributed by atoms with Crippen molar-refractivity contribution in [3.8, 4) is 5.69 Å². The molecule has 0 fully saturated rings. The van der Waals surface area contributed by atoms with E-state index < -0.39 is 0 Å². The van der Waals surface area contributed by atoms with E-state index in [2.05, 4.69) is 5.10 Å². The number of nitrogen functional groups attached to an aromatic ring is 1. The Morgan fingerprint density at radius 2 is 1.86 bits per heavy atom. The molecule has 4 rings (SSSR count). The van der Waals surface area contributed by atoms with Crippen LogP contribution in [0.3, 0.4) is 0 Å². The summed E-state index contributed by atoms with van der Waals surface area (Å²) in [7, 11) is 0. The maximum absolute atomic E-state index is 13.1. The number of amides is 1. The molecule has 5 nitrogen and oxygen atoms in total. The number of nitrogens with two attached hydrogens (primary N) is 1. The van der Waals surface area contributed by atoms with Gasteiger partial charge < -0.3 is 10.6 Å². The number of fused-ring (bicyclic) bond motifs is 1. The fraction of sp³-hybridized carbons (Fsp3) is 0.273. The van der Waals surface area contributed by atoms with E-state index in [4.69, 9.17) is 5.73 Å². The zero-order chi connectivity index (χ0) is 19.0. The lowest BCUT2D eigenvalue weighted by atomic mass is 9.99. The average Bonchev–Trinajstić information content (AvgIpc) is 2.97. The van der Waals surface area contributed by atoms with Gasteiger partial charge in [0.25, 0.3) is 0 Å². The molecule has 2 heterocycles. The highest BCUT2D eigenvalue weighted by atomic mass is 35.5. The molecule has 1 aliphatic heterocycles. The lowest BCUT2D eigenvalue weighted by Gasteiger charge is -2.30. The summed E-state index contributed by atoms with van der Waals surface area (Å²) in [4.78, 5) is 15.0. The Hall–Kier alpha value is -2.79. The molecule has 6 heteroatoms. The zero-order valence-electron chi connectivity index (χ0n) is 16.2. The number of aryl methyl sites for hydroxylation is 1. The minimum absolute atomic E-state index is 0. The first kappa shape index (κ1) is 20.0. The van der Waals surface area contributed by atoms with Crippen molar-refractivity contribution in [3.63, 3.8) is 0 Å². The van der Waals surface area contributed by atoms with Crippen molar-refractivity contribution in [2.45, 2.75) is 33.1 Å². The minimum atomic E-state index is 0. The van der Waals surface area contributed by atoms with Gasteiger partial charge in [0.1, 0.15) is 0 Å². The van der Waals surface area contributed by atoms with Crippen LogP contribution in [0.4, 0.5) is 11.4 Å². The molecule has 1 amide bonds. The van der Waals surface area contributed by atoms with E-state index >= 15 is 0 Å². The van der Waals surface area contributed by atoms with Gasteiger partial charge in [-0.1, -0.05) is 24.3 Å². The first-order valence-electron chi connectivity index (χ1n) is 9.34. The summed E-state index contributed by atoms with van der Waals surface area (Å²) in [6.07, 6.45) is 2.21. The van der Waals surface area contributed by atoms with E-state index in [0.29, 0.717) is 6.42 Å². The van der Waals surface area contributed by atoms with Crippen molar-refractivity contribution in [1.82, 2.24) is 9.78 Å². The Bertz CT molecular complexity index is 997. The van der Waals surface area contributed by atoms with Gasteiger partial charge in [0.05, 0.1) is 17.8 Å². The molecule has 1 aliphatic rings. The highest BCUT2D eigenvalue weighted by molar-refractivity contribution is 5.97. The average molecular weight is 397 g/mol. The van der Waals surface area contributed by atoms with Crippen LogP contribution >= 0.6 is 12.4 Å². The Balaban J connectivity index is 0.00000225. The van der Waals surface area contributed by atoms with E-state index in [-0.39, 0.29) is 18.3 Å². The van der Waals surface area contributed by atoms with Crippen LogP contribution < -0.4 is 10.6 Å². The Morgan fingerprint density at radius 1 is 1.11 bits per heavy atom. The van der Waals surface area contributed by atoms with Crippen molar-refractivity contribution in [1.29, 1.82) is 0 Å². The molecule has 2 N–H and O–H groups in total. The third kappa shape index (κ3) is 3.50. The fourth-order valence-corrected chi connectivity index (χ4v) is 3.91. The number of benzene rings is 2. The maximum Gasteiger partial charge on any atom is 0.231 e. The number of carbonyl (C=O) groups excluding carboxylic acids is 1. The van der Waals surface area contributed by atoms with Gasteiger partial charge in [-0.3, -0.25) is 4.79 Å². The molecule has 0 atom stereocenters. The predicted molar refractivity (Wildman–Crippen MR) is 116 cm³/mol. The minimum Gasteiger partial charge on any atom is -0.398 e. The number of hydrogen-bond acceptors (Lipinski definition) is 3. The van der Waals surface area contributed by atoms with E-state index in [0.717, 1.165) is 59.0 Å². The summed E-state index contributed by atoms with van der Waals surface area (Å²) >= 11 is 0. The first-order valence-corrected chi connectivity index (χ1v) is 9.34. The second-order valence-electron chi connectivity index (χ2n) is 7.07. The Kier molecular flexibility index (Phi) is 5.75.